The minimum absolute atomic E-state index is 0.230. The van der Waals surface area contributed by atoms with E-state index in [0.717, 1.165) is 23.5 Å². The summed E-state index contributed by atoms with van der Waals surface area (Å²) in [7, 11) is 0. The first-order valence-electron chi connectivity index (χ1n) is 7.43. The van der Waals surface area contributed by atoms with Gasteiger partial charge in [0.2, 0.25) is 11.9 Å². The molecule has 0 atom stereocenters. The maximum absolute atomic E-state index is 13.0. The molecule has 0 aliphatic heterocycles. The van der Waals surface area contributed by atoms with E-state index >= 15 is 0 Å². The van der Waals surface area contributed by atoms with Crippen LogP contribution >= 0.6 is 23.2 Å². The van der Waals surface area contributed by atoms with E-state index in [9.17, 15) is 8.78 Å². The molecule has 2 N–H and O–H groups in total. The van der Waals surface area contributed by atoms with Gasteiger partial charge in [-0.2, -0.15) is 9.97 Å². The molecule has 1 aromatic carbocycles. The molecular weight excluding hydrogens is 385 g/mol. The monoisotopic (exact) mass is 396 g/mol. The number of benzene rings is 1. The smallest absolute Gasteiger partial charge is 0.224 e. The third-order valence-electron chi connectivity index (χ3n) is 3.33. The van der Waals surface area contributed by atoms with Crippen LogP contribution < -0.4 is 10.6 Å². The third-order valence-corrected chi connectivity index (χ3v) is 3.86. The molecule has 6 nitrogen and oxygen atoms in total. The summed E-state index contributed by atoms with van der Waals surface area (Å²) in [6, 6.07) is 7.64. The Kier molecular flexibility index (Phi) is 5.75. The van der Waals surface area contributed by atoms with Crippen molar-refractivity contribution in [3.05, 3.63) is 69.7 Å². The molecule has 3 rings (SSSR count). The number of hydrogen-bond acceptors (Lipinski definition) is 6. The van der Waals surface area contributed by atoms with Crippen LogP contribution in [0.15, 0.2) is 36.7 Å². The van der Waals surface area contributed by atoms with Crippen molar-refractivity contribution in [2.75, 3.05) is 10.6 Å². The Hall–Kier alpha value is -2.58. The van der Waals surface area contributed by atoms with E-state index in [1.807, 2.05) is 24.3 Å². The quantitative estimate of drug-likeness (QED) is 0.611. The molecule has 2 heterocycles. The van der Waals surface area contributed by atoms with Crippen molar-refractivity contribution in [2.24, 2.45) is 0 Å². The van der Waals surface area contributed by atoms with E-state index in [1.165, 1.54) is 0 Å². The molecule has 0 radical (unpaired) electrons. The second kappa shape index (κ2) is 8.20. The van der Waals surface area contributed by atoms with Gasteiger partial charge in [0.05, 0.1) is 12.4 Å². The average Bonchev–Trinajstić information content (AvgIpc) is 2.64. The van der Waals surface area contributed by atoms with Crippen molar-refractivity contribution in [3.63, 3.8) is 0 Å². The van der Waals surface area contributed by atoms with Crippen molar-refractivity contribution in [1.29, 1.82) is 0 Å². The van der Waals surface area contributed by atoms with Crippen LogP contribution in [0.25, 0.3) is 0 Å². The number of rotatable bonds is 6. The largest absolute Gasteiger partial charge is 0.350 e. The van der Waals surface area contributed by atoms with Crippen LogP contribution in [0.3, 0.4) is 0 Å². The summed E-state index contributed by atoms with van der Waals surface area (Å²) in [6.45, 7) is 0.901. The molecule has 0 aliphatic rings. The molecule has 10 heteroatoms. The molecule has 3 aromatic rings. The van der Waals surface area contributed by atoms with Crippen molar-refractivity contribution in [3.8, 4) is 0 Å². The SMILES string of the molecule is Fc1cnc(NCc2ccc(CNc3ncc(F)c(Cl)n3)cc2)nc1Cl. The Morgan fingerprint density at radius 1 is 0.731 bits per heavy atom. The fraction of sp³-hybridized carbons (Fsp3) is 0.125. The highest BCUT2D eigenvalue weighted by Crippen LogP contribution is 2.14. The molecule has 0 bridgehead atoms. The third kappa shape index (κ3) is 4.74. The molecular formula is C16H12Cl2F2N6. The van der Waals surface area contributed by atoms with Gasteiger partial charge in [0.1, 0.15) is 0 Å². The zero-order chi connectivity index (χ0) is 18.5. The van der Waals surface area contributed by atoms with Crippen LogP contribution in [0, 0.1) is 11.6 Å². The Labute approximate surface area is 157 Å². The zero-order valence-corrected chi connectivity index (χ0v) is 14.7. The van der Waals surface area contributed by atoms with Gasteiger partial charge in [0.25, 0.3) is 0 Å². The number of anilines is 2. The topological polar surface area (TPSA) is 75.6 Å². The summed E-state index contributed by atoms with van der Waals surface area (Å²) in [5, 5.41) is 5.46. The standard InChI is InChI=1S/C16H12Cl2F2N6/c17-13-11(19)7-23-15(25-13)21-5-9-1-2-10(4-3-9)6-22-16-24-8-12(20)14(18)26-16/h1-4,7-8H,5-6H2,(H,21,23,25)(H,22,24,26). The molecule has 26 heavy (non-hydrogen) atoms. The molecule has 0 spiro atoms. The van der Waals surface area contributed by atoms with Crippen LogP contribution in [-0.2, 0) is 13.1 Å². The molecule has 0 saturated heterocycles. The van der Waals surface area contributed by atoms with E-state index in [4.69, 9.17) is 23.2 Å². The first-order valence-corrected chi connectivity index (χ1v) is 8.18. The zero-order valence-electron chi connectivity index (χ0n) is 13.2. The number of halogens is 4. The van der Waals surface area contributed by atoms with Crippen LogP contribution in [0.4, 0.5) is 20.7 Å². The second-order valence-electron chi connectivity index (χ2n) is 5.19. The van der Waals surface area contributed by atoms with Gasteiger partial charge in [-0.05, 0) is 11.1 Å². The maximum atomic E-state index is 13.0. The Morgan fingerprint density at radius 2 is 1.12 bits per heavy atom. The lowest BCUT2D eigenvalue weighted by atomic mass is 10.1. The fourth-order valence-corrected chi connectivity index (χ4v) is 2.26. The molecule has 0 fully saturated rings. The summed E-state index contributed by atoms with van der Waals surface area (Å²) >= 11 is 11.2. The van der Waals surface area contributed by atoms with Crippen LogP contribution in [0.5, 0.6) is 0 Å². The van der Waals surface area contributed by atoms with Gasteiger partial charge in [-0.3, -0.25) is 0 Å². The van der Waals surface area contributed by atoms with E-state index in [1.54, 1.807) is 0 Å². The van der Waals surface area contributed by atoms with E-state index in [-0.39, 0.29) is 22.2 Å². The molecule has 134 valence electrons. The highest BCUT2D eigenvalue weighted by molar-refractivity contribution is 6.29. The lowest BCUT2D eigenvalue weighted by molar-refractivity contribution is 0.614. The Bertz CT molecular complexity index is 833. The van der Waals surface area contributed by atoms with Crippen LogP contribution in [0.2, 0.25) is 10.3 Å². The van der Waals surface area contributed by atoms with Gasteiger partial charge in [-0.15, -0.1) is 0 Å². The first-order chi connectivity index (χ1) is 12.5. The van der Waals surface area contributed by atoms with E-state index in [0.29, 0.717) is 13.1 Å². The highest BCUT2D eigenvalue weighted by Gasteiger charge is 2.05. The van der Waals surface area contributed by atoms with Crippen molar-refractivity contribution in [2.45, 2.75) is 13.1 Å². The number of nitrogens with zero attached hydrogens (tertiary/aromatic N) is 4. The van der Waals surface area contributed by atoms with Gasteiger partial charge in [-0.25, -0.2) is 18.7 Å². The van der Waals surface area contributed by atoms with Crippen molar-refractivity contribution < 1.29 is 8.78 Å². The fourth-order valence-electron chi connectivity index (χ4n) is 2.00. The predicted octanol–water partition coefficient (Wildman–Crippen LogP) is 4.08. The minimum atomic E-state index is -0.666. The van der Waals surface area contributed by atoms with Gasteiger partial charge in [0, 0.05) is 13.1 Å². The lowest BCUT2D eigenvalue weighted by Crippen LogP contribution is -2.06. The Morgan fingerprint density at radius 3 is 1.46 bits per heavy atom. The molecule has 0 unspecified atom stereocenters. The Balaban J connectivity index is 1.54. The van der Waals surface area contributed by atoms with Crippen LogP contribution in [-0.4, -0.2) is 19.9 Å². The van der Waals surface area contributed by atoms with Crippen molar-refractivity contribution in [1.82, 2.24) is 19.9 Å². The summed E-state index contributed by atoms with van der Waals surface area (Å²) < 4.78 is 26.0. The summed E-state index contributed by atoms with van der Waals surface area (Å²) in [4.78, 5) is 15.2. The maximum Gasteiger partial charge on any atom is 0.224 e. The van der Waals surface area contributed by atoms with E-state index in [2.05, 4.69) is 30.6 Å². The lowest BCUT2D eigenvalue weighted by Gasteiger charge is -2.08. The van der Waals surface area contributed by atoms with Gasteiger partial charge in [0.15, 0.2) is 21.9 Å². The van der Waals surface area contributed by atoms with Gasteiger partial charge < -0.3 is 10.6 Å². The predicted molar refractivity (Wildman–Crippen MR) is 95.1 cm³/mol. The minimum Gasteiger partial charge on any atom is -0.350 e. The van der Waals surface area contributed by atoms with Crippen molar-refractivity contribution >= 4 is 35.1 Å². The summed E-state index contributed by atoms with van der Waals surface area (Å²) in [5.74, 6) is -0.846. The normalized spacial score (nSPS) is 10.6. The van der Waals surface area contributed by atoms with Crippen LogP contribution in [0.1, 0.15) is 11.1 Å². The van der Waals surface area contributed by atoms with Gasteiger partial charge in [-0.1, -0.05) is 47.5 Å². The number of aromatic nitrogens is 4. The number of hydrogen-bond donors (Lipinski definition) is 2. The molecule has 0 amide bonds. The summed E-state index contributed by atoms with van der Waals surface area (Å²) in [6.07, 6.45) is 2.02. The average molecular weight is 397 g/mol. The number of nitrogens with one attached hydrogen (secondary N) is 2. The summed E-state index contributed by atoms with van der Waals surface area (Å²) in [5.41, 5.74) is 1.94. The van der Waals surface area contributed by atoms with Gasteiger partial charge >= 0.3 is 0 Å². The molecule has 2 aromatic heterocycles. The first kappa shape index (κ1) is 18.2. The highest BCUT2D eigenvalue weighted by atomic mass is 35.5. The second-order valence-corrected chi connectivity index (χ2v) is 5.90. The molecule has 0 saturated carbocycles. The van der Waals surface area contributed by atoms with E-state index < -0.39 is 11.6 Å². The molecule has 0 aliphatic carbocycles.